The predicted molar refractivity (Wildman–Crippen MR) is 47.1 cm³/mol. The number of nitrogens with one attached hydrogen (secondary N) is 2. The summed E-state index contributed by atoms with van der Waals surface area (Å²) in [6.07, 6.45) is 3.17. The quantitative estimate of drug-likeness (QED) is 0.529. The highest BCUT2D eigenvalue weighted by Gasteiger charge is 2.02. The lowest BCUT2D eigenvalue weighted by molar-refractivity contribution is -0.120. The van der Waals surface area contributed by atoms with Crippen LogP contribution in [0.15, 0.2) is 12.4 Å². The molecule has 0 atom stereocenters. The van der Waals surface area contributed by atoms with E-state index in [1.807, 2.05) is 0 Å². The van der Waals surface area contributed by atoms with Gasteiger partial charge in [0.1, 0.15) is 6.61 Å². The summed E-state index contributed by atoms with van der Waals surface area (Å²) in [6, 6.07) is 0. The zero-order valence-corrected chi connectivity index (χ0v) is 7.12. The number of hydrogen-bond acceptors (Lipinski definition) is 4. The highest BCUT2D eigenvalue weighted by Crippen LogP contribution is 1.93. The molecule has 0 fully saturated rings. The van der Waals surface area contributed by atoms with Gasteiger partial charge >= 0.3 is 0 Å². The fraction of sp³-hybridized carbons (Fsp3) is 0.429. The van der Waals surface area contributed by atoms with Crippen molar-refractivity contribution < 1.29 is 9.53 Å². The third-order valence-corrected chi connectivity index (χ3v) is 1.25. The highest BCUT2D eigenvalue weighted by atomic mass is 16.5. The number of hydrogen-bond donors (Lipinski definition) is 3. The van der Waals surface area contributed by atoms with Gasteiger partial charge in [0.25, 0.3) is 5.91 Å². The summed E-state index contributed by atoms with van der Waals surface area (Å²) >= 11 is 0. The van der Waals surface area contributed by atoms with Gasteiger partial charge in [0, 0.05) is 18.9 Å². The summed E-state index contributed by atoms with van der Waals surface area (Å²) < 4.78 is 4.91. The van der Waals surface area contributed by atoms with E-state index >= 15 is 0 Å². The Morgan fingerprint density at radius 1 is 1.77 bits per heavy atom. The van der Waals surface area contributed by atoms with E-state index in [2.05, 4.69) is 15.3 Å². The minimum atomic E-state index is -0.247. The van der Waals surface area contributed by atoms with Crippen LogP contribution >= 0.6 is 0 Å². The van der Waals surface area contributed by atoms with Gasteiger partial charge in [-0.2, -0.15) is 0 Å². The third kappa shape index (κ3) is 3.68. The smallest absolute Gasteiger partial charge is 0.252 e. The van der Waals surface area contributed by atoms with Crippen molar-refractivity contribution in [3.8, 4) is 0 Å². The summed E-state index contributed by atoms with van der Waals surface area (Å²) in [5, 5.41) is 2.51. The van der Waals surface area contributed by atoms with Gasteiger partial charge < -0.3 is 15.5 Å². The second kappa shape index (κ2) is 5.28. The molecule has 13 heavy (non-hydrogen) atoms. The molecule has 6 heteroatoms. The molecule has 0 saturated carbocycles. The lowest BCUT2D eigenvalue weighted by atomic mass is 10.6. The molecule has 0 radical (unpaired) electrons. The first-order chi connectivity index (χ1) is 6.33. The van der Waals surface area contributed by atoms with Crippen LogP contribution in [0.5, 0.6) is 0 Å². The maximum atomic E-state index is 11.0. The first-order valence-electron chi connectivity index (χ1n) is 3.90. The van der Waals surface area contributed by atoms with Gasteiger partial charge in [-0.15, -0.1) is 0 Å². The lowest BCUT2D eigenvalue weighted by Crippen LogP contribution is -2.21. The van der Waals surface area contributed by atoms with Crippen molar-refractivity contribution in [2.24, 2.45) is 5.73 Å². The van der Waals surface area contributed by atoms with Crippen LogP contribution in [0.25, 0.3) is 0 Å². The SMILES string of the molecule is NCCOCC(=O)Nc1ncc[nH]1. The average Bonchev–Trinajstić information content (AvgIpc) is 2.57. The second-order valence-electron chi connectivity index (χ2n) is 2.33. The minimum Gasteiger partial charge on any atom is -0.370 e. The number of ether oxygens (including phenoxy) is 1. The van der Waals surface area contributed by atoms with Crippen molar-refractivity contribution in [2.75, 3.05) is 25.1 Å². The number of imidazole rings is 1. The van der Waals surface area contributed by atoms with Crippen LogP contribution in [0.3, 0.4) is 0 Å². The van der Waals surface area contributed by atoms with Crippen molar-refractivity contribution in [1.82, 2.24) is 9.97 Å². The van der Waals surface area contributed by atoms with E-state index in [-0.39, 0.29) is 12.5 Å². The van der Waals surface area contributed by atoms with E-state index in [0.29, 0.717) is 19.1 Å². The Hall–Kier alpha value is -1.40. The van der Waals surface area contributed by atoms with Crippen molar-refractivity contribution in [3.63, 3.8) is 0 Å². The molecule has 1 amide bonds. The predicted octanol–water partition coefficient (Wildman–Crippen LogP) is -0.677. The van der Waals surface area contributed by atoms with E-state index in [9.17, 15) is 4.79 Å². The Bertz CT molecular complexity index is 247. The van der Waals surface area contributed by atoms with Crippen molar-refractivity contribution in [2.45, 2.75) is 0 Å². The first kappa shape index (κ1) is 9.69. The fourth-order valence-corrected chi connectivity index (χ4v) is 0.750. The molecule has 1 heterocycles. The summed E-state index contributed by atoms with van der Waals surface area (Å²) in [7, 11) is 0. The molecule has 72 valence electrons. The second-order valence-corrected chi connectivity index (χ2v) is 2.33. The monoisotopic (exact) mass is 184 g/mol. The van der Waals surface area contributed by atoms with Gasteiger partial charge in [0.15, 0.2) is 0 Å². The number of anilines is 1. The normalized spacial score (nSPS) is 9.92. The molecule has 0 aliphatic heterocycles. The van der Waals surface area contributed by atoms with Crippen LogP contribution in [-0.4, -0.2) is 35.6 Å². The first-order valence-corrected chi connectivity index (χ1v) is 3.90. The molecular weight excluding hydrogens is 172 g/mol. The van der Waals surface area contributed by atoms with Crippen molar-refractivity contribution >= 4 is 11.9 Å². The number of aromatic nitrogens is 2. The number of nitrogens with two attached hydrogens (primary N) is 1. The fourth-order valence-electron chi connectivity index (χ4n) is 0.750. The minimum absolute atomic E-state index is 0.00208. The topological polar surface area (TPSA) is 93.0 Å². The maximum absolute atomic E-state index is 11.0. The Morgan fingerprint density at radius 3 is 3.23 bits per heavy atom. The van der Waals surface area contributed by atoms with Gasteiger partial charge in [-0.05, 0) is 0 Å². The highest BCUT2D eigenvalue weighted by molar-refractivity contribution is 5.89. The number of aromatic amines is 1. The van der Waals surface area contributed by atoms with Gasteiger partial charge in [-0.3, -0.25) is 10.1 Å². The molecule has 0 aliphatic carbocycles. The molecule has 1 rings (SSSR count). The lowest BCUT2D eigenvalue weighted by Gasteiger charge is -2.01. The van der Waals surface area contributed by atoms with E-state index in [4.69, 9.17) is 10.5 Å². The van der Waals surface area contributed by atoms with E-state index < -0.39 is 0 Å². The number of nitrogens with zero attached hydrogens (tertiary/aromatic N) is 1. The van der Waals surface area contributed by atoms with Gasteiger partial charge in [0.2, 0.25) is 5.95 Å². The number of rotatable bonds is 5. The van der Waals surface area contributed by atoms with Crippen LogP contribution in [0, 0.1) is 0 Å². The zero-order chi connectivity index (χ0) is 9.52. The van der Waals surface area contributed by atoms with E-state index in [1.165, 1.54) is 0 Å². The van der Waals surface area contributed by atoms with Crippen LogP contribution in [0.2, 0.25) is 0 Å². The summed E-state index contributed by atoms with van der Waals surface area (Å²) in [5.74, 6) is 0.171. The Morgan fingerprint density at radius 2 is 2.62 bits per heavy atom. The molecule has 0 bridgehead atoms. The van der Waals surface area contributed by atoms with Crippen LogP contribution in [0.4, 0.5) is 5.95 Å². The molecule has 0 unspecified atom stereocenters. The van der Waals surface area contributed by atoms with Crippen molar-refractivity contribution in [1.29, 1.82) is 0 Å². The van der Waals surface area contributed by atoms with E-state index in [1.54, 1.807) is 12.4 Å². The molecule has 0 spiro atoms. The Kier molecular flexibility index (Phi) is 3.94. The maximum Gasteiger partial charge on any atom is 0.252 e. The molecule has 0 aliphatic rings. The zero-order valence-electron chi connectivity index (χ0n) is 7.12. The number of carbonyl (C=O) groups is 1. The standard InChI is InChI=1S/C7H12N4O2/c8-1-4-13-5-6(12)11-7-9-2-3-10-7/h2-3H,1,4-5,8H2,(H2,9,10,11,12). The molecule has 0 saturated heterocycles. The van der Waals surface area contributed by atoms with Crippen molar-refractivity contribution in [3.05, 3.63) is 12.4 Å². The summed E-state index contributed by atoms with van der Waals surface area (Å²) in [4.78, 5) is 17.6. The number of amides is 1. The van der Waals surface area contributed by atoms with Gasteiger partial charge in [0.05, 0.1) is 6.61 Å². The number of H-pyrrole nitrogens is 1. The van der Waals surface area contributed by atoms with E-state index in [0.717, 1.165) is 0 Å². The third-order valence-electron chi connectivity index (χ3n) is 1.25. The summed E-state index contributed by atoms with van der Waals surface area (Å²) in [5.41, 5.74) is 5.18. The number of carbonyl (C=O) groups excluding carboxylic acids is 1. The van der Waals surface area contributed by atoms with Gasteiger partial charge in [-0.25, -0.2) is 4.98 Å². The Balaban J connectivity index is 2.18. The summed E-state index contributed by atoms with van der Waals surface area (Å²) in [6.45, 7) is 0.789. The van der Waals surface area contributed by atoms with Crippen LogP contribution in [-0.2, 0) is 9.53 Å². The van der Waals surface area contributed by atoms with Crippen LogP contribution in [0.1, 0.15) is 0 Å². The van der Waals surface area contributed by atoms with Crippen LogP contribution < -0.4 is 11.1 Å². The molecule has 0 aromatic carbocycles. The molecule has 4 N–H and O–H groups in total. The average molecular weight is 184 g/mol. The largest absolute Gasteiger partial charge is 0.370 e. The van der Waals surface area contributed by atoms with Gasteiger partial charge in [-0.1, -0.05) is 0 Å². The molecule has 6 nitrogen and oxygen atoms in total. The molecule has 1 aromatic rings. The molecular formula is C7H12N4O2. The molecule has 1 aromatic heterocycles. The Labute approximate surface area is 75.5 Å².